The zero-order chi connectivity index (χ0) is 11.8. The summed E-state index contributed by atoms with van der Waals surface area (Å²) in [4.78, 5) is 24.8. The van der Waals surface area contributed by atoms with E-state index in [9.17, 15) is 9.59 Å². The lowest BCUT2D eigenvalue weighted by molar-refractivity contribution is -0.145. The van der Waals surface area contributed by atoms with E-state index in [1.807, 2.05) is 20.8 Å². The van der Waals surface area contributed by atoms with Crippen LogP contribution in [0.4, 0.5) is 0 Å². The molecule has 84 valence electrons. The number of hydrogen-bond acceptors (Lipinski definition) is 3. The summed E-state index contributed by atoms with van der Waals surface area (Å²) in [5.41, 5.74) is 5.58. The van der Waals surface area contributed by atoms with Gasteiger partial charge in [-0.3, -0.25) is 14.5 Å². The number of rotatable bonds is 3. The van der Waals surface area contributed by atoms with Gasteiger partial charge in [0, 0.05) is 18.2 Å². The molecule has 0 aromatic rings. The van der Waals surface area contributed by atoms with E-state index in [1.165, 1.54) is 11.0 Å². The molecule has 0 radical (unpaired) electrons. The maximum absolute atomic E-state index is 11.8. The summed E-state index contributed by atoms with van der Waals surface area (Å²) < 4.78 is 0. The Morgan fingerprint density at radius 1 is 1.47 bits per heavy atom. The monoisotopic (exact) mass is 210 g/mol. The molecule has 0 spiro atoms. The fourth-order valence-electron chi connectivity index (χ4n) is 1.66. The SMILES string of the molecule is CC1=CC(=O)N(C(C)(CN)C(C)C)C1=O. The topological polar surface area (TPSA) is 63.4 Å². The van der Waals surface area contributed by atoms with Crippen LogP contribution in [0.1, 0.15) is 27.7 Å². The predicted octanol–water partition coefficient (Wildman–Crippen LogP) is 0.675. The first kappa shape index (κ1) is 11.9. The molecule has 1 aliphatic heterocycles. The Balaban J connectivity index is 3.09. The zero-order valence-electron chi connectivity index (χ0n) is 9.70. The van der Waals surface area contributed by atoms with Crippen molar-refractivity contribution in [2.45, 2.75) is 33.2 Å². The lowest BCUT2D eigenvalue weighted by Crippen LogP contribution is -2.57. The minimum atomic E-state index is -0.595. The normalized spacial score (nSPS) is 20.9. The number of nitrogens with two attached hydrogens (primary N) is 1. The Kier molecular flexibility index (Phi) is 3.00. The van der Waals surface area contributed by atoms with Gasteiger partial charge in [-0.05, 0) is 19.8 Å². The third kappa shape index (κ3) is 1.69. The quantitative estimate of drug-likeness (QED) is 0.696. The van der Waals surface area contributed by atoms with Gasteiger partial charge in [0.25, 0.3) is 11.8 Å². The van der Waals surface area contributed by atoms with Gasteiger partial charge in [0.2, 0.25) is 0 Å². The second-order valence-electron chi connectivity index (χ2n) is 4.52. The first-order chi connectivity index (χ1) is 6.84. The summed E-state index contributed by atoms with van der Waals surface area (Å²) in [6, 6.07) is 0. The second kappa shape index (κ2) is 3.77. The molecule has 15 heavy (non-hydrogen) atoms. The average molecular weight is 210 g/mol. The highest BCUT2D eigenvalue weighted by Gasteiger charge is 2.43. The maximum Gasteiger partial charge on any atom is 0.257 e. The molecule has 1 aliphatic rings. The Labute approximate surface area is 90.1 Å². The molecule has 0 fully saturated rings. The minimum absolute atomic E-state index is 0.134. The van der Waals surface area contributed by atoms with Gasteiger partial charge in [0.1, 0.15) is 0 Å². The molecule has 1 heterocycles. The van der Waals surface area contributed by atoms with Crippen molar-refractivity contribution in [3.8, 4) is 0 Å². The number of nitrogens with zero attached hydrogens (tertiary/aromatic N) is 1. The molecule has 4 heteroatoms. The van der Waals surface area contributed by atoms with Crippen molar-refractivity contribution in [2.75, 3.05) is 6.54 Å². The molecule has 0 saturated carbocycles. The highest BCUT2D eigenvalue weighted by atomic mass is 16.2. The largest absolute Gasteiger partial charge is 0.328 e. The molecule has 2 amide bonds. The van der Waals surface area contributed by atoms with E-state index in [1.54, 1.807) is 6.92 Å². The summed E-state index contributed by atoms with van der Waals surface area (Å²) in [5.74, 6) is -0.337. The number of imide groups is 1. The Morgan fingerprint density at radius 2 is 2.00 bits per heavy atom. The van der Waals surface area contributed by atoms with E-state index in [-0.39, 0.29) is 24.3 Å². The highest BCUT2D eigenvalue weighted by Crippen LogP contribution is 2.28. The van der Waals surface area contributed by atoms with Crippen LogP contribution in [0.2, 0.25) is 0 Å². The molecule has 0 aromatic heterocycles. The van der Waals surface area contributed by atoms with Crippen molar-refractivity contribution >= 4 is 11.8 Å². The van der Waals surface area contributed by atoms with Crippen molar-refractivity contribution in [2.24, 2.45) is 11.7 Å². The summed E-state index contributed by atoms with van der Waals surface area (Å²) in [6.07, 6.45) is 1.37. The third-order valence-corrected chi connectivity index (χ3v) is 3.27. The van der Waals surface area contributed by atoms with Gasteiger partial charge in [-0.25, -0.2) is 0 Å². The first-order valence-electron chi connectivity index (χ1n) is 5.11. The first-order valence-corrected chi connectivity index (χ1v) is 5.11. The van der Waals surface area contributed by atoms with E-state index in [0.717, 1.165) is 0 Å². The Hall–Kier alpha value is -1.16. The fraction of sp³-hybridized carbons (Fsp3) is 0.636. The van der Waals surface area contributed by atoms with E-state index in [4.69, 9.17) is 5.73 Å². The molecule has 0 aliphatic carbocycles. The molecule has 0 saturated heterocycles. The van der Waals surface area contributed by atoms with Crippen LogP contribution in [-0.2, 0) is 9.59 Å². The number of hydrogen-bond donors (Lipinski definition) is 1. The summed E-state index contributed by atoms with van der Waals surface area (Å²) >= 11 is 0. The van der Waals surface area contributed by atoms with Gasteiger partial charge in [0.05, 0.1) is 5.54 Å². The van der Waals surface area contributed by atoms with Gasteiger partial charge in [0.15, 0.2) is 0 Å². The van der Waals surface area contributed by atoms with Gasteiger partial charge in [-0.2, -0.15) is 0 Å². The van der Waals surface area contributed by atoms with Crippen LogP contribution < -0.4 is 5.73 Å². The van der Waals surface area contributed by atoms with Crippen LogP contribution in [0.15, 0.2) is 11.6 Å². The predicted molar refractivity (Wildman–Crippen MR) is 57.9 cm³/mol. The van der Waals surface area contributed by atoms with E-state index < -0.39 is 5.54 Å². The molecule has 1 unspecified atom stereocenters. The Bertz CT molecular complexity index is 333. The van der Waals surface area contributed by atoms with Gasteiger partial charge < -0.3 is 5.73 Å². The number of amides is 2. The second-order valence-corrected chi connectivity index (χ2v) is 4.52. The molecule has 1 rings (SSSR count). The lowest BCUT2D eigenvalue weighted by Gasteiger charge is -2.40. The minimum Gasteiger partial charge on any atom is -0.328 e. The van der Waals surface area contributed by atoms with Crippen LogP contribution in [0.25, 0.3) is 0 Å². The molecule has 4 nitrogen and oxygen atoms in total. The van der Waals surface area contributed by atoms with E-state index in [2.05, 4.69) is 0 Å². The highest BCUT2D eigenvalue weighted by molar-refractivity contribution is 6.16. The smallest absolute Gasteiger partial charge is 0.257 e. The zero-order valence-corrected chi connectivity index (χ0v) is 9.70. The molecular weight excluding hydrogens is 192 g/mol. The van der Waals surface area contributed by atoms with Crippen LogP contribution >= 0.6 is 0 Å². The van der Waals surface area contributed by atoms with Crippen molar-refractivity contribution in [3.63, 3.8) is 0 Å². The van der Waals surface area contributed by atoms with Crippen LogP contribution in [-0.4, -0.2) is 28.8 Å². The van der Waals surface area contributed by atoms with E-state index in [0.29, 0.717) is 5.57 Å². The van der Waals surface area contributed by atoms with Crippen molar-refractivity contribution in [1.82, 2.24) is 4.90 Å². The Morgan fingerprint density at radius 3 is 2.27 bits per heavy atom. The van der Waals surface area contributed by atoms with Crippen molar-refractivity contribution < 1.29 is 9.59 Å². The standard InChI is InChI=1S/C11H18N2O2/c1-7(2)11(4,6-12)13-9(14)5-8(3)10(13)15/h5,7H,6,12H2,1-4H3. The van der Waals surface area contributed by atoms with Gasteiger partial charge in [-0.1, -0.05) is 13.8 Å². The van der Waals surface area contributed by atoms with Crippen LogP contribution in [0.5, 0.6) is 0 Å². The summed E-state index contributed by atoms with van der Waals surface area (Å²) in [5, 5.41) is 0. The third-order valence-electron chi connectivity index (χ3n) is 3.27. The number of carbonyl (C=O) groups is 2. The van der Waals surface area contributed by atoms with Gasteiger partial charge in [-0.15, -0.1) is 0 Å². The lowest BCUT2D eigenvalue weighted by atomic mass is 9.86. The van der Waals surface area contributed by atoms with Crippen LogP contribution in [0.3, 0.4) is 0 Å². The number of carbonyl (C=O) groups excluding carboxylic acids is 2. The molecule has 0 aromatic carbocycles. The van der Waals surface area contributed by atoms with E-state index >= 15 is 0 Å². The molecular formula is C11H18N2O2. The fourth-order valence-corrected chi connectivity index (χ4v) is 1.66. The molecule has 1 atom stereocenters. The summed E-state index contributed by atoms with van der Waals surface area (Å²) in [7, 11) is 0. The molecule has 0 bridgehead atoms. The summed E-state index contributed by atoms with van der Waals surface area (Å²) in [6.45, 7) is 7.70. The van der Waals surface area contributed by atoms with Crippen molar-refractivity contribution in [3.05, 3.63) is 11.6 Å². The average Bonchev–Trinajstić information content (AvgIpc) is 2.40. The van der Waals surface area contributed by atoms with Crippen LogP contribution in [0, 0.1) is 5.92 Å². The van der Waals surface area contributed by atoms with Crippen molar-refractivity contribution in [1.29, 1.82) is 0 Å². The maximum atomic E-state index is 11.8. The molecule has 2 N–H and O–H groups in total. The van der Waals surface area contributed by atoms with Gasteiger partial charge >= 0.3 is 0 Å².